The van der Waals surface area contributed by atoms with E-state index >= 15 is 0 Å². The molecular weight excluding hydrogens is 542 g/mol. The quantitative estimate of drug-likeness (QED) is 0.120. The van der Waals surface area contributed by atoms with E-state index in [0.29, 0.717) is 18.0 Å². The van der Waals surface area contributed by atoms with Gasteiger partial charge in [0.2, 0.25) is 6.10 Å². The first kappa shape index (κ1) is 37.1. The Hall–Kier alpha value is -3.91. The summed E-state index contributed by atoms with van der Waals surface area (Å²) in [6.07, 6.45) is 5.41. The highest BCUT2D eigenvalue weighted by Gasteiger charge is 2.27. The third kappa shape index (κ3) is 18.1. The van der Waals surface area contributed by atoms with Crippen LogP contribution in [0.5, 0.6) is 5.75 Å². The molecule has 41 heavy (non-hydrogen) atoms. The van der Waals surface area contributed by atoms with Crippen molar-refractivity contribution >= 4 is 35.7 Å². The molecule has 14 nitrogen and oxygen atoms in total. The van der Waals surface area contributed by atoms with Gasteiger partial charge < -0.3 is 49.3 Å². The van der Waals surface area contributed by atoms with Gasteiger partial charge in [-0.25, -0.2) is 14.4 Å². The van der Waals surface area contributed by atoms with E-state index in [9.17, 15) is 4.79 Å². The van der Waals surface area contributed by atoms with Gasteiger partial charge in [-0.05, 0) is 32.4 Å². The minimum atomic E-state index is -2.07. The number of likely N-dealkylation sites (N-methyl/N-ethyl adjacent to an activating group) is 1. The van der Waals surface area contributed by atoms with Crippen molar-refractivity contribution < 1.29 is 63.7 Å². The summed E-state index contributed by atoms with van der Waals surface area (Å²) in [5.74, 6) is -7.31. The molecule has 1 amide bonds. The van der Waals surface area contributed by atoms with Gasteiger partial charge in [0, 0.05) is 12.8 Å². The van der Waals surface area contributed by atoms with Gasteiger partial charge in [0.1, 0.15) is 18.8 Å². The summed E-state index contributed by atoms with van der Waals surface area (Å²) >= 11 is 0. The molecule has 1 aliphatic rings. The number of rotatable bonds is 13. The number of likely N-dealkylation sites (tertiary alicyclic amines) is 1. The van der Waals surface area contributed by atoms with Crippen LogP contribution in [-0.4, -0.2) is 92.2 Å². The summed E-state index contributed by atoms with van der Waals surface area (Å²) in [5, 5.41) is 35.5. The molecule has 0 aliphatic carbocycles. The molecule has 0 spiro atoms. The highest BCUT2D eigenvalue weighted by molar-refractivity contribution is 6.26. The molecule has 0 saturated carbocycles. The van der Waals surface area contributed by atoms with Crippen molar-refractivity contribution in [3.8, 4) is 5.75 Å². The monoisotopic (exact) mass is 585 g/mol. The second kappa shape index (κ2) is 21.9. The highest BCUT2D eigenvalue weighted by atomic mass is 16.6. The van der Waals surface area contributed by atoms with Crippen LogP contribution in [0.3, 0.4) is 0 Å². The van der Waals surface area contributed by atoms with E-state index < -0.39 is 23.9 Å². The molecule has 1 fully saturated rings. The number of quaternary nitrogens is 2. The van der Waals surface area contributed by atoms with Crippen molar-refractivity contribution in [3.63, 3.8) is 0 Å². The lowest BCUT2D eigenvalue weighted by Gasteiger charge is -2.25. The van der Waals surface area contributed by atoms with Crippen LogP contribution in [0.15, 0.2) is 24.3 Å². The predicted octanol–water partition coefficient (Wildman–Crippen LogP) is -2.58. The van der Waals surface area contributed by atoms with Crippen LogP contribution in [0, 0.1) is 0 Å². The summed E-state index contributed by atoms with van der Waals surface area (Å²) in [4.78, 5) is 51.7. The van der Waals surface area contributed by atoms with E-state index in [4.69, 9.17) is 49.1 Å². The Balaban J connectivity index is 0.00000111. The maximum Gasteiger partial charge on any atom is 0.412 e. The molecule has 0 bridgehead atoms. The van der Waals surface area contributed by atoms with Crippen LogP contribution in [0.1, 0.15) is 52.9 Å². The number of carboxylic acids is 4. The van der Waals surface area contributed by atoms with E-state index in [0.717, 1.165) is 45.4 Å². The number of aliphatic carboxylic acids is 4. The molecule has 1 saturated heterocycles. The van der Waals surface area contributed by atoms with E-state index in [1.54, 1.807) is 4.90 Å². The Labute approximate surface area is 239 Å². The van der Waals surface area contributed by atoms with Crippen LogP contribution in [0.2, 0.25) is 0 Å². The third-order valence-electron chi connectivity index (χ3n) is 6.10. The van der Waals surface area contributed by atoms with E-state index in [1.807, 2.05) is 24.3 Å². The number of unbranched alkanes of at least 4 members (excludes halogenated alkanes) is 2. The lowest BCUT2D eigenvalue weighted by Crippen LogP contribution is -3.15. The zero-order chi connectivity index (χ0) is 31.2. The van der Waals surface area contributed by atoms with Crippen molar-refractivity contribution in [1.29, 1.82) is 0 Å². The molecule has 5 N–H and O–H groups in total. The number of carbonyl (C=O) groups is 5. The smallest absolute Gasteiger partial charge is 0.412 e. The molecule has 0 aromatic heterocycles. The fraction of sp³-hybridized carbons (Fsp3) is 0.593. The second-order valence-corrected chi connectivity index (χ2v) is 9.21. The number of hydrogen-bond acceptors (Lipinski definition) is 9. The lowest BCUT2D eigenvalue weighted by atomic mass is 10.2. The van der Waals surface area contributed by atoms with Crippen LogP contribution >= 0.6 is 0 Å². The summed E-state index contributed by atoms with van der Waals surface area (Å²) in [6, 6.07) is 7.59. The Morgan fingerprint density at radius 3 is 1.98 bits per heavy atom. The highest BCUT2D eigenvalue weighted by Crippen LogP contribution is 2.24. The number of ether oxygens (including phenoxy) is 2. The fourth-order valence-electron chi connectivity index (χ4n) is 3.94. The van der Waals surface area contributed by atoms with Gasteiger partial charge in [0.25, 0.3) is 0 Å². The largest absolute Gasteiger partial charge is 0.539 e. The number of hydrogen-bond donors (Lipinski definition) is 5. The Morgan fingerprint density at radius 2 is 1.49 bits per heavy atom. The number of anilines is 1. The third-order valence-corrected chi connectivity index (χ3v) is 6.10. The van der Waals surface area contributed by atoms with Gasteiger partial charge in [-0.3, -0.25) is 5.32 Å². The summed E-state index contributed by atoms with van der Waals surface area (Å²) in [6.45, 7) is 13.4. The number of benzene rings is 1. The van der Waals surface area contributed by atoms with E-state index in [1.165, 1.54) is 30.8 Å². The summed E-state index contributed by atoms with van der Waals surface area (Å²) in [5.41, 5.74) is 0.677. The van der Waals surface area contributed by atoms with Crippen LogP contribution in [0.4, 0.5) is 10.5 Å². The summed E-state index contributed by atoms with van der Waals surface area (Å²) in [7, 11) is 0. The molecule has 1 atom stereocenters. The van der Waals surface area contributed by atoms with Gasteiger partial charge in [0.05, 0.1) is 38.5 Å². The number of carbonyl (C=O) groups excluding carboxylic acids is 3. The van der Waals surface area contributed by atoms with Crippen LogP contribution < -0.4 is 30.1 Å². The maximum absolute atomic E-state index is 12.7. The van der Waals surface area contributed by atoms with Crippen molar-refractivity contribution in [2.24, 2.45) is 0 Å². The molecule has 14 heteroatoms. The molecule has 232 valence electrons. The molecule has 2 rings (SSSR count). The molecule has 1 unspecified atom stereocenters. The van der Waals surface area contributed by atoms with E-state index in [2.05, 4.69) is 26.1 Å². The number of nitrogens with one attached hydrogen (secondary N) is 3. The predicted molar refractivity (Wildman–Crippen MR) is 142 cm³/mol. The Bertz CT molecular complexity index is 896. The van der Waals surface area contributed by atoms with Crippen molar-refractivity contribution in [2.45, 2.75) is 59.0 Å². The van der Waals surface area contributed by atoms with Gasteiger partial charge in [0.15, 0.2) is 11.9 Å². The van der Waals surface area contributed by atoms with E-state index in [-0.39, 0.29) is 12.2 Å². The molecule has 1 aromatic carbocycles. The normalized spacial score (nSPS) is 13.1. The Kier molecular flexibility index (Phi) is 19.8. The van der Waals surface area contributed by atoms with Crippen LogP contribution in [0.25, 0.3) is 0 Å². The fourth-order valence-corrected chi connectivity index (χ4v) is 3.94. The van der Waals surface area contributed by atoms with Crippen LogP contribution in [-0.2, 0) is 23.9 Å². The average molecular weight is 586 g/mol. The topological polar surface area (TPSA) is 211 Å². The minimum Gasteiger partial charge on any atom is -0.539 e. The first-order valence-corrected chi connectivity index (χ1v) is 13.7. The number of para-hydroxylation sites is 2. The lowest BCUT2D eigenvalue weighted by molar-refractivity contribution is -0.917. The molecule has 1 heterocycles. The molecular formula is C27H43N3O11. The van der Waals surface area contributed by atoms with Gasteiger partial charge in [-0.15, -0.1) is 0 Å². The number of carboxylic acid groups (broad SMARTS) is 4. The van der Waals surface area contributed by atoms with Crippen molar-refractivity contribution in [1.82, 2.24) is 0 Å². The first-order valence-electron chi connectivity index (χ1n) is 13.7. The zero-order valence-electron chi connectivity index (χ0n) is 23.9. The Morgan fingerprint density at radius 1 is 0.951 bits per heavy atom. The average Bonchev–Trinajstić information content (AvgIpc) is 3.44. The first-order chi connectivity index (χ1) is 19.4. The van der Waals surface area contributed by atoms with Gasteiger partial charge in [-0.2, -0.15) is 0 Å². The molecule has 1 aliphatic heterocycles. The summed E-state index contributed by atoms with van der Waals surface area (Å²) < 4.78 is 11.8. The SMILES string of the molecule is CCCCCOc1ccccc1NC(=O)OC(C[NH+](CC)CC)C[NH+]1CCCC1.O=C([O-])C(=O)O.O=C([O-])C(=O)O. The number of amides is 1. The minimum absolute atomic E-state index is 0.0735. The van der Waals surface area contributed by atoms with Gasteiger partial charge >= 0.3 is 18.0 Å². The second-order valence-electron chi connectivity index (χ2n) is 9.21. The standard InChI is InChI=1S/C23H39N3O3.2C2H2O4/c1-4-7-12-17-28-22-14-9-8-13-21(22)24-23(27)29-20(18-25(5-2)6-3)19-26-15-10-11-16-26;2*3-1(4)2(5)6/h8-9,13-14,20H,4-7,10-12,15-19H2,1-3H3,(H,24,27);2*(H,3,4)(H,5,6). The maximum atomic E-state index is 12.7. The zero-order valence-corrected chi connectivity index (χ0v) is 23.9. The van der Waals surface area contributed by atoms with Gasteiger partial charge in [-0.1, -0.05) is 31.9 Å². The molecule has 1 aromatic rings. The van der Waals surface area contributed by atoms with Crippen molar-refractivity contribution in [3.05, 3.63) is 24.3 Å². The molecule has 0 radical (unpaired) electrons. The van der Waals surface area contributed by atoms with Crippen molar-refractivity contribution in [2.75, 3.05) is 51.2 Å².